The SMILES string of the molecule is COc1cccc(-c2n[nH]c(=S)n2/N=C/c2ccc(N(C)C)cc2)c1. The molecule has 0 unspecified atom stereocenters. The van der Waals surface area contributed by atoms with E-state index in [1.807, 2.05) is 67.5 Å². The van der Waals surface area contributed by atoms with Gasteiger partial charge in [0.05, 0.1) is 13.3 Å². The molecular weight excluding hydrogens is 334 g/mol. The van der Waals surface area contributed by atoms with Crippen LogP contribution in [0.3, 0.4) is 0 Å². The fourth-order valence-electron chi connectivity index (χ4n) is 2.33. The minimum absolute atomic E-state index is 0.430. The number of H-pyrrole nitrogens is 1. The summed E-state index contributed by atoms with van der Waals surface area (Å²) in [5.74, 6) is 1.38. The minimum atomic E-state index is 0.430. The first-order valence-corrected chi connectivity index (χ1v) is 8.13. The number of nitrogens with one attached hydrogen (secondary N) is 1. The molecule has 0 aliphatic rings. The summed E-state index contributed by atoms with van der Waals surface area (Å²) < 4.78 is 7.30. The number of ether oxygens (including phenoxy) is 1. The fraction of sp³-hybridized carbons (Fsp3) is 0.167. The lowest BCUT2D eigenvalue weighted by molar-refractivity contribution is 0.415. The monoisotopic (exact) mass is 353 g/mol. The molecule has 3 aromatic rings. The molecule has 0 saturated heterocycles. The van der Waals surface area contributed by atoms with Crippen LogP contribution in [0.2, 0.25) is 0 Å². The van der Waals surface area contributed by atoms with Gasteiger partial charge in [0.2, 0.25) is 4.77 Å². The Morgan fingerprint density at radius 3 is 2.64 bits per heavy atom. The molecule has 6 nitrogen and oxygen atoms in total. The van der Waals surface area contributed by atoms with Gasteiger partial charge in [0, 0.05) is 25.3 Å². The predicted molar refractivity (Wildman–Crippen MR) is 103 cm³/mol. The fourth-order valence-corrected chi connectivity index (χ4v) is 2.51. The van der Waals surface area contributed by atoms with Crippen molar-refractivity contribution in [2.75, 3.05) is 26.1 Å². The summed E-state index contributed by atoms with van der Waals surface area (Å²) >= 11 is 5.30. The molecule has 0 radical (unpaired) electrons. The van der Waals surface area contributed by atoms with E-state index in [1.54, 1.807) is 18.0 Å². The van der Waals surface area contributed by atoms with Crippen LogP contribution in [0, 0.1) is 4.77 Å². The third-order valence-electron chi connectivity index (χ3n) is 3.71. The molecule has 0 saturated carbocycles. The molecule has 0 aliphatic carbocycles. The molecule has 25 heavy (non-hydrogen) atoms. The highest BCUT2D eigenvalue weighted by molar-refractivity contribution is 7.71. The van der Waals surface area contributed by atoms with Gasteiger partial charge in [-0.1, -0.05) is 24.3 Å². The molecule has 2 aromatic carbocycles. The van der Waals surface area contributed by atoms with Crippen molar-refractivity contribution >= 4 is 24.1 Å². The lowest BCUT2D eigenvalue weighted by Gasteiger charge is -2.11. The van der Waals surface area contributed by atoms with E-state index in [0.717, 1.165) is 22.6 Å². The highest BCUT2D eigenvalue weighted by Crippen LogP contribution is 2.22. The second-order valence-corrected chi connectivity index (χ2v) is 6.01. The number of anilines is 1. The number of methoxy groups -OCH3 is 1. The van der Waals surface area contributed by atoms with Gasteiger partial charge < -0.3 is 9.64 Å². The van der Waals surface area contributed by atoms with Crippen molar-refractivity contribution in [3.05, 3.63) is 58.9 Å². The summed E-state index contributed by atoms with van der Waals surface area (Å²) in [7, 11) is 5.65. The zero-order chi connectivity index (χ0) is 17.8. The average Bonchev–Trinajstić information content (AvgIpc) is 3.01. The van der Waals surface area contributed by atoms with Gasteiger partial charge in [-0.3, -0.25) is 0 Å². The first-order chi connectivity index (χ1) is 12.1. The van der Waals surface area contributed by atoms with Gasteiger partial charge in [-0.15, -0.1) is 0 Å². The normalized spacial score (nSPS) is 11.0. The molecule has 128 valence electrons. The second-order valence-electron chi connectivity index (χ2n) is 5.63. The Morgan fingerprint density at radius 1 is 1.20 bits per heavy atom. The summed E-state index contributed by atoms with van der Waals surface area (Å²) in [6.07, 6.45) is 1.76. The third-order valence-corrected chi connectivity index (χ3v) is 3.97. The Balaban J connectivity index is 1.92. The Bertz CT molecular complexity index is 941. The molecule has 0 fully saturated rings. The Morgan fingerprint density at radius 2 is 1.96 bits per heavy atom. The second kappa shape index (κ2) is 7.31. The molecule has 3 rings (SSSR count). The first kappa shape index (κ1) is 16.9. The summed E-state index contributed by atoms with van der Waals surface area (Å²) in [6.45, 7) is 0. The topological polar surface area (TPSA) is 58.4 Å². The molecular formula is C18H19N5OS. The summed E-state index contributed by atoms with van der Waals surface area (Å²) in [4.78, 5) is 2.05. The number of aromatic amines is 1. The number of hydrogen-bond acceptors (Lipinski definition) is 5. The van der Waals surface area contributed by atoms with Crippen LogP contribution in [0.4, 0.5) is 5.69 Å². The van der Waals surface area contributed by atoms with E-state index in [-0.39, 0.29) is 0 Å². The van der Waals surface area contributed by atoms with E-state index in [0.29, 0.717) is 10.6 Å². The zero-order valence-electron chi connectivity index (χ0n) is 14.3. The summed E-state index contributed by atoms with van der Waals surface area (Å²) in [5.41, 5.74) is 2.98. The van der Waals surface area contributed by atoms with Crippen molar-refractivity contribution in [3.8, 4) is 17.1 Å². The quantitative estimate of drug-likeness (QED) is 0.563. The van der Waals surface area contributed by atoms with Crippen LogP contribution >= 0.6 is 12.2 Å². The lowest BCUT2D eigenvalue weighted by Crippen LogP contribution is -2.08. The molecule has 0 aliphatic heterocycles. The van der Waals surface area contributed by atoms with Crippen molar-refractivity contribution < 1.29 is 4.74 Å². The number of benzene rings is 2. The largest absolute Gasteiger partial charge is 0.497 e. The van der Waals surface area contributed by atoms with Crippen LogP contribution in [0.1, 0.15) is 5.56 Å². The Kier molecular flexibility index (Phi) is 4.95. The molecule has 1 heterocycles. The maximum atomic E-state index is 5.30. The predicted octanol–water partition coefficient (Wildman–Crippen LogP) is 3.56. The Labute approximate surface area is 151 Å². The van der Waals surface area contributed by atoms with Gasteiger partial charge in [0.1, 0.15) is 5.75 Å². The van der Waals surface area contributed by atoms with Crippen LogP contribution in [0.25, 0.3) is 11.4 Å². The van der Waals surface area contributed by atoms with Gasteiger partial charge in [0.25, 0.3) is 0 Å². The third kappa shape index (κ3) is 3.77. The number of nitrogens with zero attached hydrogens (tertiary/aromatic N) is 4. The van der Waals surface area contributed by atoms with Crippen LogP contribution in [0.5, 0.6) is 5.75 Å². The van der Waals surface area contributed by atoms with Crippen LogP contribution in [0.15, 0.2) is 53.6 Å². The Hall–Kier alpha value is -2.93. The highest BCUT2D eigenvalue weighted by atomic mass is 32.1. The summed E-state index contributed by atoms with van der Waals surface area (Å²) in [5, 5.41) is 11.6. The highest BCUT2D eigenvalue weighted by Gasteiger charge is 2.09. The molecule has 7 heteroatoms. The minimum Gasteiger partial charge on any atom is -0.497 e. The number of aromatic nitrogens is 3. The smallest absolute Gasteiger partial charge is 0.216 e. The maximum Gasteiger partial charge on any atom is 0.216 e. The molecule has 1 aromatic heterocycles. The van der Waals surface area contributed by atoms with Gasteiger partial charge >= 0.3 is 0 Å². The van der Waals surface area contributed by atoms with Crippen molar-refractivity contribution in [1.82, 2.24) is 14.9 Å². The van der Waals surface area contributed by atoms with Crippen LogP contribution in [-0.4, -0.2) is 42.3 Å². The summed E-state index contributed by atoms with van der Waals surface area (Å²) in [6, 6.07) is 15.7. The molecule has 0 amide bonds. The zero-order valence-corrected chi connectivity index (χ0v) is 15.1. The average molecular weight is 353 g/mol. The van der Waals surface area contributed by atoms with E-state index in [1.165, 1.54) is 0 Å². The van der Waals surface area contributed by atoms with Crippen molar-refractivity contribution in [2.24, 2.45) is 5.10 Å². The van der Waals surface area contributed by atoms with E-state index < -0.39 is 0 Å². The molecule has 1 N–H and O–H groups in total. The molecule has 0 spiro atoms. The first-order valence-electron chi connectivity index (χ1n) is 7.72. The van der Waals surface area contributed by atoms with Crippen molar-refractivity contribution in [1.29, 1.82) is 0 Å². The molecule has 0 bridgehead atoms. The lowest BCUT2D eigenvalue weighted by atomic mass is 10.2. The van der Waals surface area contributed by atoms with E-state index >= 15 is 0 Å². The number of rotatable bonds is 5. The maximum absolute atomic E-state index is 5.30. The van der Waals surface area contributed by atoms with Crippen LogP contribution in [-0.2, 0) is 0 Å². The van der Waals surface area contributed by atoms with Gasteiger partial charge in [-0.25, -0.2) is 5.10 Å². The van der Waals surface area contributed by atoms with Crippen LogP contribution < -0.4 is 9.64 Å². The molecule has 0 atom stereocenters. The van der Waals surface area contributed by atoms with E-state index in [2.05, 4.69) is 15.3 Å². The van der Waals surface area contributed by atoms with E-state index in [4.69, 9.17) is 17.0 Å². The van der Waals surface area contributed by atoms with Gasteiger partial charge in [-0.05, 0) is 42.0 Å². The number of hydrogen-bond donors (Lipinski definition) is 1. The van der Waals surface area contributed by atoms with E-state index in [9.17, 15) is 0 Å². The van der Waals surface area contributed by atoms with Crippen molar-refractivity contribution in [2.45, 2.75) is 0 Å². The van der Waals surface area contributed by atoms with Gasteiger partial charge in [-0.2, -0.15) is 14.9 Å². The van der Waals surface area contributed by atoms with Crippen molar-refractivity contribution in [3.63, 3.8) is 0 Å². The standard InChI is InChI=1S/C18H19N5OS/c1-22(2)15-9-7-13(8-10-15)12-19-23-17(20-21-18(23)25)14-5-4-6-16(11-14)24-3/h4-12H,1-3H3,(H,21,25)/b19-12+. The van der Waals surface area contributed by atoms with Gasteiger partial charge in [0.15, 0.2) is 5.82 Å².